The zero-order valence-electron chi connectivity index (χ0n) is 10.8. The molecule has 2 rings (SSSR count). The summed E-state index contributed by atoms with van der Waals surface area (Å²) >= 11 is 4.51. The van der Waals surface area contributed by atoms with Gasteiger partial charge in [0.25, 0.3) is 0 Å². The second-order valence-corrected chi connectivity index (χ2v) is 7.91. The van der Waals surface area contributed by atoms with Gasteiger partial charge in [-0.3, -0.25) is 0 Å². The summed E-state index contributed by atoms with van der Waals surface area (Å²) in [6, 6.07) is 0. The molecule has 0 bridgehead atoms. The van der Waals surface area contributed by atoms with E-state index in [1.807, 2.05) is 0 Å². The molecule has 0 unspecified atom stereocenters. The van der Waals surface area contributed by atoms with Gasteiger partial charge in [-0.05, 0) is 25.7 Å². The fourth-order valence-electron chi connectivity index (χ4n) is 2.70. The molecule has 0 spiro atoms. The lowest BCUT2D eigenvalue weighted by molar-refractivity contribution is 0.311. The van der Waals surface area contributed by atoms with Crippen molar-refractivity contribution in [3.8, 4) is 0 Å². The van der Waals surface area contributed by atoms with Gasteiger partial charge in [0.1, 0.15) is 0 Å². The molecule has 0 aromatic carbocycles. The molecule has 2 aliphatic carbocycles. The minimum absolute atomic E-state index is 1.01. The van der Waals surface area contributed by atoms with E-state index >= 15 is 0 Å². The van der Waals surface area contributed by atoms with E-state index in [-0.39, 0.29) is 0 Å². The van der Waals surface area contributed by atoms with E-state index in [0.29, 0.717) is 0 Å². The Hall–Kier alpha value is 0.620. The fourth-order valence-corrected chi connectivity index (χ4v) is 5.88. The van der Waals surface area contributed by atoms with Crippen LogP contribution in [0.2, 0.25) is 0 Å². The molecule has 0 heterocycles. The van der Waals surface area contributed by atoms with E-state index in [1.54, 1.807) is 0 Å². The van der Waals surface area contributed by atoms with Crippen molar-refractivity contribution in [3.63, 3.8) is 0 Å². The third-order valence-electron chi connectivity index (χ3n) is 3.71. The standard InChI is InChI=1S/C13H24S2.H3NO/c1-3-7-12(8-4-1)14-11-15-13-9-5-2-6-10-13;1-2/h12-13H,1-11H2;2H,1H2. The first-order valence-electron chi connectivity index (χ1n) is 6.94. The van der Waals surface area contributed by atoms with E-state index in [9.17, 15) is 0 Å². The van der Waals surface area contributed by atoms with E-state index in [1.165, 1.54) is 69.3 Å². The minimum Gasteiger partial charge on any atom is -0.320 e. The fraction of sp³-hybridized carbons (Fsp3) is 1.00. The van der Waals surface area contributed by atoms with Crippen molar-refractivity contribution < 1.29 is 5.21 Å². The van der Waals surface area contributed by atoms with Crippen LogP contribution in [0.5, 0.6) is 0 Å². The van der Waals surface area contributed by atoms with Gasteiger partial charge in [-0.2, -0.15) is 0 Å². The van der Waals surface area contributed by atoms with E-state index in [2.05, 4.69) is 29.4 Å². The predicted octanol–water partition coefficient (Wildman–Crippen LogP) is 4.41. The third-order valence-corrected chi connectivity index (χ3v) is 6.69. The van der Waals surface area contributed by atoms with Gasteiger partial charge < -0.3 is 5.21 Å². The molecule has 0 amide bonds. The lowest BCUT2D eigenvalue weighted by Gasteiger charge is -2.24. The van der Waals surface area contributed by atoms with Crippen molar-refractivity contribution in [1.82, 2.24) is 0 Å². The zero-order chi connectivity index (χ0) is 12.3. The maximum absolute atomic E-state index is 6.50. The van der Waals surface area contributed by atoms with Gasteiger partial charge in [0.15, 0.2) is 0 Å². The number of thioether (sulfide) groups is 2. The maximum Gasteiger partial charge on any atom is 0.0397 e. The summed E-state index contributed by atoms with van der Waals surface area (Å²) in [5, 5.41) is 9.89. The number of rotatable bonds is 4. The number of hydrogen-bond donors (Lipinski definition) is 2. The van der Waals surface area contributed by atoms with Crippen molar-refractivity contribution in [2.45, 2.75) is 74.7 Å². The Kier molecular flexibility index (Phi) is 9.71. The van der Waals surface area contributed by atoms with Crippen LogP contribution >= 0.6 is 23.5 Å². The van der Waals surface area contributed by atoms with Crippen LogP contribution in [0.4, 0.5) is 0 Å². The summed E-state index contributed by atoms with van der Waals surface area (Å²) in [4.78, 5) is 0. The molecule has 0 aromatic rings. The van der Waals surface area contributed by atoms with Gasteiger partial charge in [0, 0.05) is 15.6 Å². The molecule has 102 valence electrons. The molecule has 0 atom stereocenters. The quantitative estimate of drug-likeness (QED) is 0.590. The van der Waals surface area contributed by atoms with Gasteiger partial charge in [0.2, 0.25) is 0 Å². The van der Waals surface area contributed by atoms with Crippen LogP contribution < -0.4 is 5.90 Å². The molecule has 17 heavy (non-hydrogen) atoms. The molecule has 2 saturated carbocycles. The average molecular weight is 277 g/mol. The van der Waals surface area contributed by atoms with Gasteiger partial charge in [-0.1, -0.05) is 38.5 Å². The molecular formula is C13H27NOS2. The molecule has 0 radical (unpaired) electrons. The Balaban J connectivity index is 0.000000686. The van der Waals surface area contributed by atoms with Crippen LogP contribution in [-0.4, -0.2) is 20.8 Å². The molecule has 0 aliphatic heterocycles. The molecule has 4 heteroatoms. The number of hydrogen-bond acceptors (Lipinski definition) is 4. The van der Waals surface area contributed by atoms with Gasteiger partial charge in [-0.15, -0.1) is 23.5 Å². The summed E-state index contributed by atoms with van der Waals surface area (Å²) in [6.07, 6.45) is 14.9. The summed E-state index contributed by atoms with van der Waals surface area (Å²) in [7, 11) is 0. The first kappa shape index (κ1) is 15.7. The Morgan fingerprint density at radius 2 is 1.06 bits per heavy atom. The van der Waals surface area contributed by atoms with Gasteiger partial charge >= 0.3 is 0 Å². The largest absolute Gasteiger partial charge is 0.320 e. The first-order valence-corrected chi connectivity index (χ1v) is 9.04. The normalized spacial score (nSPS) is 22.9. The highest BCUT2D eigenvalue weighted by Gasteiger charge is 2.16. The van der Waals surface area contributed by atoms with Crippen molar-refractivity contribution in [3.05, 3.63) is 0 Å². The zero-order valence-corrected chi connectivity index (χ0v) is 12.4. The Labute approximate surface area is 114 Å². The second kappa shape index (κ2) is 10.5. The van der Waals surface area contributed by atoms with E-state index in [4.69, 9.17) is 5.21 Å². The maximum atomic E-state index is 6.50. The van der Waals surface area contributed by atoms with Crippen LogP contribution in [0.1, 0.15) is 64.2 Å². The van der Waals surface area contributed by atoms with Gasteiger partial charge in [-0.25, -0.2) is 5.90 Å². The Morgan fingerprint density at radius 3 is 1.41 bits per heavy atom. The highest BCUT2D eigenvalue weighted by molar-refractivity contribution is 8.16. The molecule has 3 N–H and O–H groups in total. The SMILES string of the molecule is C1CCC(SCSC2CCCCC2)CC1.NO. The Bertz CT molecular complexity index is 151. The van der Waals surface area contributed by atoms with Crippen molar-refractivity contribution in [2.24, 2.45) is 5.90 Å². The number of nitrogens with two attached hydrogens (primary N) is 1. The lowest BCUT2D eigenvalue weighted by Crippen LogP contribution is -2.11. The molecular weight excluding hydrogens is 250 g/mol. The summed E-state index contributed by atoms with van der Waals surface area (Å²) < 4.78 is 0. The monoisotopic (exact) mass is 277 g/mol. The van der Waals surface area contributed by atoms with E-state index in [0.717, 1.165) is 10.5 Å². The van der Waals surface area contributed by atoms with E-state index < -0.39 is 0 Å². The molecule has 2 nitrogen and oxygen atoms in total. The Morgan fingerprint density at radius 1 is 0.706 bits per heavy atom. The smallest absolute Gasteiger partial charge is 0.0397 e. The summed E-state index contributed by atoms with van der Waals surface area (Å²) in [5.41, 5.74) is 0. The first-order chi connectivity index (χ1) is 8.45. The van der Waals surface area contributed by atoms with Crippen LogP contribution in [-0.2, 0) is 0 Å². The molecule has 2 aliphatic rings. The highest BCUT2D eigenvalue weighted by Crippen LogP contribution is 2.34. The van der Waals surface area contributed by atoms with Crippen LogP contribution in [0.15, 0.2) is 0 Å². The van der Waals surface area contributed by atoms with Crippen molar-refractivity contribution in [2.75, 3.05) is 5.08 Å². The van der Waals surface area contributed by atoms with Gasteiger partial charge in [0.05, 0.1) is 0 Å². The minimum atomic E-state index is 1.01. The molecule has 0 saturated heterocycles. The molecule has 2 fully saturated rings. The van der Waals surface area contributed by atoms with Crippen LogP contribution in [0.25, 0.3) is 0 Å². The average Bonchev–Trinajstić information content (AvgIpc) is 2.43. The van der Waals surface area contributed by atoms with Crippen molar-refractivity contribution in [1.29, 1.82) is 0 Å². The lowest BCUT2D eigenvalue weighted by atomic mass is 10.0. The topological polar surface area (TPSA) is 46.2 Å². The van der Waals surface area contributed by atoms with Crippen molar-refractivity contribution >= 4 is 23.5 Å². The summed E-state index contributed by atoms with van der Waals surface area (Å²) in [6.45, 7) is 0. The third kappa shape index (κ3) is 6.94. The highest BCUT2D eigenvalue weighted by atomic mass is 32.2. The van der Waals surface area contributed by atoms with Crippen LogP contribution in [0.3, 0.4) is 0 Å². The molecule has 0 aromatic heterocycles. The van der Waals surface area contributed by atoms with Crippen LogP contribution in [0, 0.1) is 0 Å². The second-order valence-electron chi connectivity index (χ2n) is 4.97. The predicted molar refractivity (Wildman–Crippen MR) is 79.8 cm³/mol. The summed E-state index contributed by atoms with van der Waals surface area (Å²) in [5.74, 6) is 3.50.